The van der Waals surface area contributed by atoms with Crippen molar-refractivity contribution in [3.8, 4) is 0 Å². The predicted octanol–water partition coefficient (Wildman–Crippen LogP) is 2.80. The minimum atomic E-state index is -0.156. The maximum atomic E-state index is 13.1. The molecule has 180 valence electrons. The molecule has 4 rings (SSSR count). The van der Waals surface area contributed by atoms with Gasteiger partial charge < -0.3 is 10.1 Å². The molecule has 1 aliphatic rings. The van der Waals surface area contributed by atoms with Crippen LogP contribution in [0.1, 0.15) is 47.9 Å². The highest BCUT2D eigenvalue weighted by Crippen LogP contribution is 2.23. The number of hydrogen-bond donors (Lipinski definition) is 2. The number of carbonyl (C=O) groups excluding carboxylic acids is 2. The standard InChI is InChI=1S/C26H33N5O3/c1-19(2)15-21(20-7-4-3-5-8-20)17-27-26(33)23-9-6-10-24-28-22(18-31(23)24)16-25(32)29-30-11-13-34-14-12-30/h3-10,18-19,21H,11-17H2,1-2H3,(H,27,33)(H,29,32). The van der Waals surface area contributed by atoms with Gasteiger partial charge in [0.1, 0.15) is 11.3 Å². The number of morpholine rings is 1. The van der Waals surface area contributed by atoms with Crippen LogP contribution in [-0.4, -0.2) is 59.1 Å². The fourth-order valence-corrected chi connectivity index (χ4v) is 4.32. The third kappa shape index (κ3) is 6.21. The lowest BCUT2D eigenvalue weighted by Crippen LogP contribution is -2.48. The summed E-state index contributed by atoms with van der Waals surface area (Å²) in [4.78, 5) is 30.1. The summed E-state index contributed by atoms with van der Waals surface area (Å²) in [6.07, 6.45) is 2.90. The van der Waals surface area contributed by atoms with Gasteiger partial charge in [-0.1, -0.05) is 50.2 Å². The molecule has 0 bridgehead atoms. The Hall–Kier alpha value is -3.23. The van der Waals surface area contributed by atoms with Crippen LogP contribution in [-0.2, 0) is 16.0 Å². The largest absolute Gasteiger partial charge is 0.379 e. The first-order chi connectivity index (χ1) is 16.5. The van der Waals surface area contributed by atoms with Gasteiger partial charge in [-0.25, -0.2) is 9.99 Å². The topological polar surface area (TPSA) is 88.0 Å². The Labute approximate surface area is 200 Å². The van der Waals surface area contributed by atoms with Crippen LogP contribution in [0.3, 0.4) is 0 Å². The molecular weight excluding hydrogens is 430 g/mol. The Balaban J connectivity index is 1.43. The number of benzene rings is 1. The maximum absolute atomic E-state index is 13.1. The normalized spacial score (nSPS) is 15.4. The van der Waals surface area contributed by atoms with Crippen LogP contribution in [0.25, 0.3) is 5.65 Å². The van der Waals surface area contributed by atoms with Crippen LogP contribution in [0.15, 0.2) is 54.7 Å². The van der Waals surface area contributed by atoms with Gasteiger partial charge in [0, 0.05) is 31.7 Å². The van der Waals surface area contributed by atoms with Crippen molar-refractivity contribution in [2.45, 2.75) is 32.6 Å². The van der Waals surface area contributed by atoms with E-state index in [0.29, 0.717) is 55.8 Å². The second kappa shape index (κ2) is 11.3. The van der Waals surface area contributed by atoms with Crippen molar-refractivity contribution in [1.29, 1.82) is 0 Å². The van der Waals surface area contributed by atoms with E-state index in [1.807, 2.05) is 35.3 Å². The van der Waals surface area contributed by atoms with Crippen molar-refractivity contribution in [2.24, 2.45) is 5.92 Å². The molecule has 1 aliphatic heterocycles. The molecule has 34 heavy (non-hydrogen) atoms. The molecule has 1 fully saturated rings. The summed E-state index contributed by atoms with van der Waals surface area (Å²) >= 11 is 0. The molecule has 2 N–H and O–H groups in total. The lowest BCUT2D eigenvalue weighted by atomic mass is 9.90. The number of ether oxygens (including phenoxy) is 1. The van der Waals surface area contributed by atoms with Gasteiger partial charge in [0.25, 0.3) is 5.91 Å². The predicted molar refractivity (Wildman–Crippen MR) is 130 cm³/mol. The molecule has 1 aromatic carbocycles. The molecule has 8 nitrogen and oxygen atoms in total. The van der Waals surface area contributed by atoms with Crippen molar-refractivity contribution >= 4 is 17.5 Å². The van der Waals surface area contributed by atoms with E-state index in [9.17, 15) is 9.59 Å². The Kier molecular flexibility index (Phi) is 7.92. The number of hydrazine groups is 1. The van der Waals surface area contributed by atoms with E-state index in [-0.39, 0.29) is 24.2 Å². The van der Waals surface area contributed by atoms with Crippen LogP contribution < -0.4 is 10.7 Å². The summed E-state index contributed by atoms with van der Waals surface area (Å²) in [5.41, 5.74) is 5.89. The number of nitrogens with zero attached hydrogens (tertiary/aromatic N) is 3. The van der Waals surface area contributed by atoms with Gasteiger partial charge in [0.2, 0.25) is 5.91 Å². The molecule has 1 atom stereocenters. The van der Waals surface area contributed by atoms with Gasteiger partial charge >= 0.3 is 0 Å². The first-order valence-electron chi connectivity index (χ1n) is 11.9. The lowest BCUT2D eigenvalue weighted by molar-refractivity contribution is -0.127. The van der Waals surface area contributed by atoms with E-state index in [1.54, 1.807) is 16.7 Å². The van der Waals surface area contributed by atoms with E-state index in [0.717, 1.165) is 6.42 Å². The molecule has 2 aromatic heterocycles. The molecule has 0 saturated carbocycles. The number of nitrogens with one attached hydrogen (secondary N) is 2. The Morgan fingerprint density at radius 1 is 1.06 bits per heavy atom. The average molecular weight is 464 g/mol. The summed E-state index contributed by atoms with van der Waals surface area (Å²) in [5, 5.41) is 4.98. The van der Waals surface area contributed by atoms with Gasteiger partial charge in [-0.15, -0.1) is 0 Å². The van der Waals surface area contributed by atoms with Gasteiger partial charge in [0.15, 0.2) is 0 Å². The summed E-state index contributed by atoms with van der Waals surface area (Å²) in [6, 6.07) is 15.7. The number of fused-ring (bicyclic) bond motifs is 1. The second-order valence-corrected chi connectivity index (χ2v) is 9.13. The van der Waals surface area contributed by atoms with E-state index in [1.165, 1.54) is 5.56 Å². The summed E-state index contributed by atoms with van der Waals surface area (Å²) in [6.45, 7) is 7.50. The number of imidazole rings is 1. The highest BCUT2D eigenvalue weighted by atomic mass is 16.5. The van der Waals surface area contributed by atoms with Gasteiger partial charge in [-0.05, 0) is 30.0 Å². The molecule has 1 unspecified atom stereocenters. The monoisotopic (exact) mass is 463 g/mol. The van der Waals surface area contributed by atoms with Crippen LogP contribution in [0.5, 0.6) is 0 Å². The number of aromatic nitrogens is 2. The fourth-order valence-electron chi connectivity index (χ4n) is 4.32. The highest BCUT2D eigenvalue weighted by Gasteiger charge is 2.18. The Morgan fingerprint density at radius 3 is 2.56 bits per heavy atom. The number of pyridine rings is 1. The van der Waals surface area contributed by atoms with E-state index in [2.05, 4.69) is 41.7 Å². The number of hydrogen-bond acceptors (Lipinski definition) is 5. The molecule has 3 aromatic rings. The quantitative estimate of drug-likeness (QED) is 0.510. The molecular formula is C26H33N5O3. The zero-order chi connectivity index (χ0) is 23.9. The van der Waals surface area contributed by atoms with Crippen molar-refractivity contribution in [2.75, 3.05) is 32.8 Å². The zero-order valence-electron chi connectivity index (χ0n) is 19.9. The highest BCUT2D eigenvalue weighted by molar-refractivity contribution is 5.93. The number of rotatable bonds is 9. The van der Waals surface area contributed by atoms with Crippen molar-refractivity contribution in [3.63, 3.8) is 0 Å². The average Bonchev–Trinajstić information content (AvgIpc) is 3.24. The van der Waals surface area contributed by atoms with Crippen molar-refractivity contribution < 1.29 is 14.3 Å². The molecule has 0 spiro atoms. The zero-order valence-corrected chi connectivity index (χ0v) is 19.9. The number of amides is 2. The third-order valence-corrected chi connectivity index (χ3v) is 5.95. The van der Waals surface area contributed by atoms with Gasteiger partial charge in [0.05, 0.1) is 25.3 Å². The SMILES string of the molecule is CC(C)CC(CNC(=O)c1cccc2nc(CC(=O)NN3CCOCC3)cn12)c1ccccc1. The lowest BCUT2D eigenvalue weighted by Gasteiger charge is -2.26. The minimum Gasteiger partial charge on any atom is -0.379 e. The molecule has 0 radical (unpaired) electrons. The third-order valence-electron chi connectivity index (χ3n) is 5.95. The first-order valence-corrected chi connectivity index (χ1v) is 11.9. The van der Waals surface area contributed by atoms with E-state index in [4.69, 9.17) is 4.74 Å². The minimum absolute atomic E-state index is 0.129. The molecule has 8 heteroatoms. The molecule has 3 heterocycles. The molecule has 2 amide bonds. The van der Waals surface area contributed by atoms with Crippen LogP contribution in [0.4, 0.5) is 0 Å². The second-order valence-electron chi connectivity index (χ2n) is 9.13. The number of carbonyl (C=O) groups is 2. The Bertz CT molecular complexity index is 1110. The van der Waals surface area contributed by atoms with Gasteiger partial charge in [-0.3, -0.25) is 19.4 Å². The summed E-state index contributed by atoms with van der Waals surface area (Å²) < 4.78 is 7.06. The smallest absolute Gasteiger partial charge is 0.268 e. The molecule has 0 aliphatic carbocycles. The fraction of sp³-hybridized carbons (Fsp3) is 0.423. The van der Waals surface area contributed by atoms with Crippen LogP contribution in [0, 0.1) is 5.92 Å². The van der Waals surface area contributed by atoms with Gasteiger partial charge in [-0.2, -0.15) is 0 Å². The molecule has 1 saturated heterocycles. The van der Waals surface area contributed by atoms with Crippen LogP contribution >= 0.6 is 0 Å². The summed E-state index contributed by atoms with van der Waals surface area (Å²) in [7, 11) is 0. The first kappa shape index (κ1) is 23.9. The van der Waals surface area contributed by atoms with Crippen LogP contribution in [0.2, 0.25) is 0 Å². The van der Waals surface area contributed by atoms with Crippen molar-refractivity contribution in [3.05, 3.63) is 71.7 Å². The van der Waals surface area contributed by atoms with E-state index < -0.39 is 0 Å². The van der Waals surface area contributed by atoms with E-state index >= 15 is 0 Å². The summed E-state index contributed by atoms with van der Waals surface area (Å²) in [5.74, 6) is 0.477. The maximum Gasteiger partial charge on any atom is 0.268 e. The Morgan fingerprint density at radius 2 is 1.82 bits per heavy atom. The van der Waals surface area contributed by atoms with Crippen molar-refractivity contribution in [1.82, 2.24) is 25.1 Å².